The molecule has 1 aromatic rings. The van der Waals surface area contributed by atoms with Crippen molar-refractivity contribution in [3.8, 4) is 5.75 Å². The molecule has 0 bridgehead atoms. The number of benzene rings is 1. The van der Waals surface area contributed by atoms with E-state index in [0.717, 1.165) is 31.7 Å². The SMILES string of the molecule is Cc1ccc(OCCCC(=O)NC(=S)N2CCCCC2)cc1. The van der Waals surface area contributed by atoms with Crippen LogP contribution in [-0.2, 0) is 4.79 Å². The van der Waals surface area contributed by atoms with Crippen molar-refractivity contribution >= 4 is 23.2 Å². The molecule has 0 aliphatic carbocycles. The molecular weight excluding hydrogens is 296 g/mol. The maximum absolute atomic E-state index is 11.9. The lowest BCUT2D eigenvalue weighted by Crippen LogP contribution is -2.44. The number of amides is 1. The third kappa shape index (κ3) is 5.64. The molecule has 0 unspecified atom stereocenters. The molecule has 1 heterocycles. The molecule has 0 aromatic heterocycles. The molecule has 1 saturated heterocycles. The van der Waals surface area contributed by atoms with Crippen molar-refractivity contribution in [2.24, 2.45) is 0 Å². The van der Waals surface area contributed by atoms with Crippen LogP contribution in [0.15, 0.2) is 24.3 Å². The first-order valence-electron chi connectivity index (χ1n) is 7.93. The van der Waals surface area contributed by atoms with Crippen LogP contribution in [-0.4, -0.2) is 35.6 Å². The Morgan fingerprint density at radius 1 is 1.23 bits per heavy atom. The maximum Gasteiger partial charge on any atom is 0.226 e. The molecule has 0 radical (unpaired) electrons. The van der Waals surface area contributed by atoms with Crippen molar-refractivity contribution in [2.45, 2.75) is 39.0 Å². The number of thiocarbonyl (C=S) groups is 1. The smallest absolute Gasteiger partial charge is 0.226 e. The second-order valence-electron chi connectivity index (χ2n) is 5.67. The van der Waals surface area contributed by atoms with Gasteiger partial charge in [0, 0.05) is 19.5 Å². The molecule has 0 spiro atoms. The van der Waals surface area contributed by atoms with Crippen molar-refractivity contribution in [1.29, 1.82) is 0 Å². The fraction of sp³-hybridized carbons (Fsp3) is 0.529. The topological polar surface area (TPSA) is 41.6 Å². The summed E-state index contributed by atoms with van der Waals surface area (Å²) in [5, 5.41) is 3.39. The number of piperidine rings is 1. The molecule has 1 fully saturated rings. The number of ether oxygens (including phenoxy) is 1. The van der Waals surface area contributed by atoms with Crippen LogP contribution in [0.25, 0.3) is 0 Å². The predicted molar refractivity (Wildman–Crippen MR) is 92.1 cm³/mol. The van der Waals surface area contributed by atoms with Gasteiger partial charge in [0.15, 0.2) is 5.11 Å². The Hall–Kier alpha value is -1.62. The monoisotopic (exact) mass is 320 g/mol. The lowest BCUT2D eigenvalue weighted by atomic mass is 10.1. The van der Waals surface area contributed by atoms with Crippen molar-refractivity contribution in [3.63, 3.8) is 0 Å². The lowest BCUT2D eigenvalue weighted by Gasteiger charge is -2.28. The molecular formula is C17H24N2O2S. The summed E-state index contributed by atoms with van der Waals surface area (Å²) in [5.41, 5.74) is 1.21. The van der Waals surface area contributed by atoms with Crippen LogP contribution in [0, 0.1) is 6.92 Å². The van der Waals surface area contributed by atoms with E-state index in [1.165, 1.54) is 12.0 Å². The number of carbonyl (C=O) groups is 1. The van der Waals surface area contributed by atoms with E-state index in [4.69, 9.17) is 17.0 Å². The lowest BCUT2D eigenvalue weighted by molar-refractivity contribution is -0.120. The van der Waals surface area contributed by atoms with Gasteiger partial charge in [-0.15, -0.1) is 0 Å². The van der Waals surface area contributed by atoms with Gasteiger partial charge in [-0.1, -0.05) is 17.7 Å². The summed E-state index contributed by atoms with van der Waals surface area (Å²) in [4.78, 5) is 14.0. The van der Waals surface area contributed by atoms with E-state index in [0.29, 0.717) is 24.6 Å². The molecule has 4 nitrogen and oxygen atoms in total. The average molecular weight is 320 g/mol. The molecule has 1 aliphatic heterocycles. The Morgan fingerprint density at radius 3 is 2.59 bits per heavy atom. The van der Waals surface area contributed by atoms with Gasteiger partial charge in [0.1, 0.15) is 5.75 Å². The Kier molecular flexibility index (Phi) is 6.65. The molecule has 1 aliphatic rings. The summed E-state index contributed by atoms with van der Waals surface area (Å²) in [5.74, 6) is 0.818. The third-order valence-electron chi connectivity index (χ3n) is 3.73. The minimum atomic E-state index is -0.0249. The number of hydrogen-bond donors (Lipinski definition) is 1. The van der Waals surface area contributed by atoms with Gasteiger partial charge in [-0.2, -0.15) is 0 Å². The minimum Gasteiger partial charge on any atom is -0.494 e. The average Bonchev–Trinajstić information content (AvgIpc) is 2.54. The van der Waals surface area contributed by atoms with Crippen LogP contribution in [0.1, 0.15) is 37.7 Å². The number of nitrogens with one attached hydrogen (secondary N) is 1. The standard InChI is InChI=1S/C17H24N2O2S/c1-14-7-9-15(10-8-14)21-13-5-6-16(20)18-17(22)19-11-3-2-4-12-19/h7-10H,2-6,11-13H2,1H3,(H,18,20,22). The highest BCUT2D eigenvalue weighted by Crippen LogP contribution is 2.12. The van der Waals surface area contributed by atoms with Gasteiger partial charge in [0.05, 0.1) is 6.61 Å². The summed E-state index contributed by atoms with van der Waals surface area (Å²) in [7, 11) is 0. The molecule has 5 heteroatoms. The van der Waals surface area contributed by atoms with E-state index >= 15 is 0 Å². The number of nitrogens with zero attached hydrogens (tertiary/aromatic N) is 1. The largest absolute Gasteiger partial charge is 0.494 e. The summed E-state index contributed by atoms with van der Waals surface area (Å²) in [6.45, 7) is 4.48. The number of carbonyl (C=O) groups excluding carboxylic acids is 1. The van der Waals surface area contributed by atoms with Crippen LogP contribution in [0.3, 0.4) is 0 Å². The zero-order valence-electron chi connectivity index (χ0n) is 13.1. The highest BCUT2D eigenvalue weighted by Gasteiger charge is 2.15. The second-order valence-corrected chi connectivity index (χ2v) is 6.05. The van der Waals surface area contributed by atoms with Gasteiger partial charge < -0.3 is 15.0 Å². The molecule has 1 N–H and O–H groups in total. The minimum absolute atomic E-state index is 0.0249. The quantitative estimate of drug-likeness (QED) is 0.669. The van der Waals surface area contributed by atoms with Crippen LogP contribution < -0.4 is 10.1 Å². The van der Waals surface area contributed by atoms with Crippen molar-refractivity contribution in [3.05, 3.63) is 29.8 Å². The molecule has 0 atom stereocenters. The number of rotatable bonds is 5. The summed E-state index contributed by atoms with van der Waals surface area (Å²) >= 11 is 5.28. The van der Waals surface area contributed by atoms with Gasteiger partial charge in [0.25, 0.3) is 0 Å². The van der Waals surface area contributed by atoms with Crippen LogP contribution in [0.5, 0.6) is 5.75 Å². The highest BCUT2D eigenvalue weighted by atomic mass is 32.1. The first kappa shape index (κ1) is 16.7. The molecule has 0 saturated carbocycles. The van der Waals surface area contributed by atoms with E-state index in [1.54, 1.807) is 0 Å². The summed E-state index contributed by atoms with van der Waals surface area (Å²) in [6, 6.07) is 7.92. The summed E-state index contributed by atoms with van der Waals surface area (Å²) < 4.78 is 5.61. The molecule has 22 heavy (non-hydrogen) atoms. The zero-order valence-corrected chi connectivity index (χ0v) is 14.0. The molecule has 1 aromatic carbocycles. The normalized spacial score (nSPS) is 14.5. The van der Waals surface area contributed by atoms with E-state index in [-0.39, 0.29) is 5.91 Å². The van der Waals surface area contributed by atoms with Gasteiger partial charge in [-0.25, -0.2) is 0 Å². The van der Waals surface area contributed by atoms with E-state index in [9.17, 15) is 4.79 Å². The molecule has 120 valence electrons. The Labute approximate surface area is 137 Å². The molecule has 2 rings (SSSR count). The fourth-order valence-corrected chi connectivity index (χ4v) is 2.71. The number of hydrogen-bond acceptors (Lipinski definition) is 3. The van der Waals surface area contributed by atoms with Crippen molar-refractivity contribution in [1.82, 2.24) is 10.2 Å². The van der Waals surface area contributed by atoms with Crippen LogP contribution >= 0.6 is 12.2 Å². The second kappa shape index (κ2) is 8.73. The third-order valence-corrected chi connectivity index (χ3v) is 4.09. The first-order chi connectivity index (χ1) is 10.6. The van der Waals surface area contributed by atoms with Crippen molar-refractivity contribution < 1.29 is 9.53 Å². The van der Waals surface area contributed by atoms with E-state index < -0.39 is 0 Å². The van der Waals surface area contributed by atoms with Crippen LogP contribution in [0.2, 0.25) is 0 Å². The van der Waals surface area contributed by atoms with Gasteiger partial charge in [0.2, 0.25) is 5.91 Å². The zero-order chi connectivity index (χ0) is 15.8. The predicted octanol–water partition coefficient (Wildman–Crippen LogP) is 3.04. The summed E-state index contributed by atoms with van der Waals surface area (Å²) in [6.07, 6.45) is 4.67. The van der Waals surface area contributed by atoms with E-state index in [1.807, 2.05) is 31.2 Å². The Morgan fingerprint density at radius 2 is 1.91 bits per heavy atom. The number of likely N-dealkylation sites (tertiary alicyclic amines) is 1. The van der Waals surface area contributed by atoms with E-state index in [2.05, 4.69) is 10.2 Å². The molecule has 1 amide bonds. The first-order valence-corrected chi connectivity index (χ1v) is 8.34. The van der Waals surface area contributed by atoms with Gasteiger partial charge in [-0.3, -0.25) is 4.79 Å². The Balaban J connectivity index is 1.61. The fourth-order valence-electron chi connectivity index (χ4n) is 2.42. The van der Waals surface area contributed by atoms with Gasteiger partial charge >= 0.3 is 0 Å². The Bertz CT molecular complexity index is 496. The number of aryl methyl sites for hydroxylation is 1. The van der Waals surface area contributed by atoms with Gasteiger partial charge in [-0.05, 0) is 57.0 Å². The van der Waals surface area contributed by atoms with Crippen molar-refractivity contribution in [2.75, 3.05) is 19.7 Å². The highest BCUT2D eigenvalue weighted by molar-refractivity contribution is 7.80. The van der Waals surface area contributed by atoms with Crippen LogP contribution in [0.4, 0.5) is 0 Å². The maximum atomic E-state index is 11.9.